The fraction of sp³-hybridized carbons (Fsp3) is 0. The molecule has 0 radical (unpaired) electrons. The number of nitrogens with zero attached hydrogens (tertiary/aromatic N) is 4. The van der Waals surface area contributed by atoms with Crippen LogP contribution in [0.15, 0.2) is 16.1 Å². The SMILES string of the molecule is NC(=S)N/N=C/c1cnc2nc(N)[nH]c(=O)c2n1. The molecule has 6 N–H and O–H groups in total. The van der Waals surface area contributed by atoms with Gasteiger partial charge in [-0.05, 0) is 12.2 Å². The average molecular weight is 264 g/mol. The molecule has 0 amide bonds. The van der Waals surface area contributed by atoms with Gasteiger partial charge in [0.1, 0.15) is 5.69 Å². The third kappa shape index (κ3) is 2.55. The van der Waals surface area contributed by atoms with Crippen LogP contribution in [0.2, 0.25) is 0 Å². The van der Waals surface area contributed by atoms with E-state index in [0.717, 1.165) is 0 Å². The minimum absolute atomic E-state index is 0.0154. The van der Waals surface area contributed by atoms with Crippen LogP contribution in [-0.2, 0) is 0 Å². The van der Waals surface area contributed by atoms with E-state index in [2.05, 4.69) is 42.7 Å². The molecule has 0 atom stereocenters. The summed E-state index contributed by atoms with van der Waals surface area (Å²) in [4.78, 5) is 25.7. The lowest BCUT2D eigenvalue weighted by Gasteiger charge is -1.98. The fourth-order valence-electron chi connectivity index (χ4n) is 1.17. The zero-order chi connectivity index (χ0) is 13.1. The van der Waals surface area contributed by atoms with Crippen LogP contribution in [-0.4, -0.2) is 31.3 Å². The van der Waals surface area contributed by atoms with E-state index < -0.39 is 5.56 Å². The molecule has 92 valence electrons. The summed E-state index contributed by atoms with van der Waals surface area (Å²) in [5.74, 6) is -0.0154. The molecule has 2 aromatic rings. The Kier molecular flexibility index (Phi) is 3.10. The summed E-state index contributed by atoms with van der Waals surface area (Å²) in [6.45, 7) is 0. The van der Waals surface area contributed by atoms with E-state index in [9.17, 15) is 4.79 Å². The van der Waals surface area contributed by atoms with E-state index in [1.807, 2.05) is 0 Å². The summed E-state index contributed by atoms with van der Waals surface area (Å²) < 4.78 is 0. The highest BCUT2D eigenvalue weighted by atomic mass is 32.1. The first-order chi connectivity index (χ1) is 8.56. The molecule has 2 heterocycles. The molecule has 0 aromatic carbocycles. The van der Waals surface area contributed by atoms with Gasteiger partial charge in [0, 0.05) is 0 Å². The molecule has 0 aliphatic rings. The summed E-state index contributed by atoms with van der Waals surface area (Å²) in [5.41, 5.74) is 13.0. The molecule has 0 spiro atoms. The number of nitrogen functional groups attached to an aromatic ring is 1. The van der Waals surface area contributed by atoms with Gasteiger partial charge in [0.25, 0.3) is 5.56 Å². The molecular formula is C8H8N8OS. The van der Waals surface area contributed by atoms with Crippen LogP contribution in [0.3, 0.4) is 0 Å². The molecule has 0 fully saturated rings. The van der Waals surface area contributed by atoms with Crippen LogP contribution in [0.25, 0.3) is 11.2 Å². The van der Waals surface area contributed by atoms with Crippen molar-refractivity contribution in [3.63, 3.8) is 0 Å². The first-order valence-corrected chi connectivity index (χ1v) is 5.08. The largest absolute Gasteiger partial charge is 0.375 e. The maximum atomic E-state index is 11.6. The van der Waals surface area contributed by atoms with E-state index in [-0.39, 0.29) is 22.2 Å². The minimum Gasteiger partial charge on any atom is -0.375 e. The third-order valence-electron chi connectivity index (χ3n) is 1.83. The lowest BCUT2D eigenvalue weighted by Crippen LogP contribution is -2.24. The van der Waals surface area contributed by atoms with Gasteiger partial charge in [0.15, 0.2) is 16.3 Å². The zero-order valence-electron chi connectivity index (χ0n) is 8.91. The summed E-state index contributed by atoms with van der Waals surface area (Å²) in [5, 5.41) is 3.71. The van der Waals surface area contributed by atoms with Crippen molar-refractivity contribution in [3.05, 3.63) is 22.2 Å². The number of rotatable bonds is 2. The van der Waals surface area contributed by atoms with Crippen LogP contribution >= 0.6 is 12.2 Å². The highest BCUT2D eigenvalue weighted by Crippen LogP contribution is 2.01. The van der Waals surface area contributed by atoms with E-state index in [1.54, 1.807) is 0 Å². The number of aromatic amines is 1. The van der Waals surface area contributed by atoms with Gasteiger partial charge in [0.2, 0.25) is 5.95 Å². The number of fused-ring (bicyclic) bond motifs is 1. The van der Waals surface area contributed by atoms with Crippen LogP contribution in [0, 0.1) is 0 Å². The Labute approximate surface area is 105 Å². The van der Waals surface area contributed by atoms with Crippen molar-refractivity contribution >= 4 is 40.7 Å². The maximum absolute atomic E-state index is 11.6. The number of hydrogen-bond acceptors (Lipinski definition) is 7. The van der Waals surface area contributed by atoms with Gasteiger partial charge < -0.3 is 11.5 Å². The minimum atomic E-state index is -0.470. The Morgan fingerprint density at radius 1 is 1.56 bits per heavy atom. The highest BCUT2D eigenvalue weighted by Gasteiger charge is 2.05. The van der Waals surface area contributed by atoms with Gasteiger partial charge in [0.05, 0.1) is 12.4 Å². The van der Waals surface area contributed by atoms with E-state index >= 15 is 0 Å². The second-order valence-corrected chi connectivity index (χ2v) is 3.59. The van der Waals surface area contributed by atoms with Crippen LogP contribution < -0.4 is 22.5 Å². The topological polar surface area (TPSA) is 148 Å². The highest BCUT2D eigenvalue weighted by molar-refractivity contribution is 7.80. The number of H-pyrrole nitrogens is 1. The first kappa shape index (κ1) is 11.9. The van der Waals surface area contributed by atoms with Crippen molar-refractivity contribution in [3.8, 4) is 0 Å². The predicted octanol–water partition coefficient (Wildman–Crippen LogP) is -1.54. The lowest BCUT2D eigenvalue weighted by molar-refractivity contribution is 1.04. The number of nitrogens with two attached hydrogens (primary N) is 2. The quantitative estimate of drug-likeness (QED) is 0.290. The summed E-state index contributed by atoms with van der Waals surface area (Å²) in [6, 6.07) is 0. The molecule has 2 aromatic heterocycles. The van der Waals surface area contributed by atoms with Crippen molar-refractivity contribution in [2.45, 2.75) is 0 Å². The number of nitrogens with one attached hydrogen (secondary N) is 2. The molecule has 0 bridgehead atoms. The number of anilines is 1. The first-order valence-electron chi connectivity index (χ1n) is 4.67. The molecule has 0 saturated heterocycles. The van der Waals surface area contributed by atoms with Crippen LogP contribution in [0.1, 0.15) is 5.69 Å². The van der Waals surface area contributed by atoms with E-state index in [4.69, 9.17) is 11.5 Å². The Bertz CT molecular complexity index is 693. The van der Waals surface area contributed by atoms with Crippen molar-refractivity contribution in [2.75, 3.05) is 5.73 Å². The molecule has 10 heteroatoms. The van der Waals surface area contributed by atoms with Gasteiger partial charge >= 0.3 is 0 Å². The molecule has 0 unspecified atom stereocenters. The maximum Gasteiger partial charge on any atom is 0.280 e. The third-order valence-corrected chi connectivity index (χ3v) is 1.92. The molecule has 0 aliphatic heterocycles. The number of hydrogen-bond donors (Lipinski definition) is 4. The molecule has 0 aliphatic carbocycles. The van der Waals surface area contributed by atoms with Crippen molar-refractivity contribution < 1.29 is 0 Å². The molecular weight excluding hydrogens is 256 g/mol. The van der Waals surface area contributed by atoms with Gasteiger partial charge in [-0.2, -0.15) is 10.1 Å². The Morgan fingerprint density at radius 2 is 2.33 bits per heavy atom. The standard InChI is InChI=1S/C8H8N8OS/c9-7-14-5-4(6(17)15-7)13-3(1-11-5)2-12-16-8(10)18/h1-2H,(H3,10,16,18)(H3,9,11,14,15,17)/b12-2+. The monoisotopic (exact) mass is 264 g/mol. The van der Waals surface area contributed by atoms with Crippen LogP contribution in [0.5, 0.6) is 0 Å². The number of aromatic nitrogens is 4. The summed E-state index contributed by atoms with van der Waals surface area (Å²) >= 11 is 4.56. The van der Waals surface area contributed by atoms with Gasteiger partial charge in [-0.25, -0.2) is 9.97 Å². The molecule has 18 heavy (non-hydrogen) atoms. The second-order valence-electron chi connectivity index (χ2n) is 3.15. The Balaban J connectivity index is 2.41. The zero-order valence-corrected chi connectivity index (χ0v) is 9.73. The van der Waals surface area contributed by atoms with Crippen LogP contribution in [0.4, 0.5) is 5.95 Å². The van der Waals surface area contributed by atoms with Crippen molar-refractivity contribution in [1.82, 2.24) is 25.4 Å². The van der Waals surface area contributed by atoms with Gasteiger partial charge in [-0.1, -0.05) is 0 Å². The summed E-state index contributed by atoms with van der Waals surface area (Å²) in [7, 11) is 0. The molecule has 2 rings (SSSR count). The average Bonchev–Trinajstić information content (AvgIpc) is 2.29. The number of thiocarbonyl (C=S) groups is 1. The van der Waals surface area contributed by atoms with E-state index in [1.165, 1.54) is 12.4 Å². The number of hydrazone groups is 1. The lowest BCUT2D eigenvalue weighted by atomic mass is 10.4. The van der Waals surface area contributed by atoms with E-state index in [0.29, 0.717) is 5.69 Å². The Morgan fingerprint density at radius 3 is 3.06 bits per heavy atom. The van der Waals surface area contributed by atoms with Gasteiger partial charge in [-0.3, -0.25) is 15.2 Å². The smallest absolute Gasteiger partial charge is 0.280 e. The second kappa shape index (κ2) is 4.71. The normalized spacial score (nSPS) is 10.9. The van der Waals surface area contributed by atoms with Crippen molar-refractivity contribution in [1.29, 1.82) is 0 Å². The molecule has 0 saturated carbocycles. The predicted molar refractivity (Wildman–Crippen MR) is 69.9 cm³/mol. The molecule has 9 nitrogen and oxygen atoms in total. The Hall–Kier alpha value is -2.62. The van der Waals surface area contributed by atoms with Crippen molar-refractivity contribution in [2.24, 2.45) is 10.8 Å². The fourth-order valence-corrected chi connectivity index (χ4v) is 1.23. The van der Waals surface area contributed by atoms with Gasteiger partial charge in [-0.15, -0.1) is 0 Å². The summed E-state index contributed by atoms with van der Waals surface area (Å²) in [6.07, 6.45) is 2.71.